The number of nitrogens with one attached hydrogen (secondary N) is 3. The average molecular weight is 378 g/mol. The van der Waals surface area contributed by atoms with E-state index in [0.717, 1.165) is 31.4 Å². The van der Waals surface area contributed by atoms with E-state index in [1.807, 2.05) is 0 Å². The molecule has 1 saturated carbocycles. The third kappa shape index (κ3) is 6.63. The van der Waals surface area contributed by atoms with Crippen LogP contribution >= 0.6 is 12.2 Å². The van der Waals surface area contributed by atoms with Gasteiger partial charge in [0.05, 0.1) is 6.61 Å². The lowest BCUT2D eigenvalue weighted by atomic mass is 9.89. The molecule has 142 valence electrons. The van der Waals surface area contributed by atoms with E-state index >= 15 is 0 Å². The molecule has 0 atom stereocenters. The number of amides is 2. The van der Waals surface area contributed by atoms with E-state index < -0.39 is 0 Å². The first-order valence-corrected chi connectivity index (χ1v) is 9.50. The van der Waals surface area contributed by atoms with Gasteiger partial charge in [-0.1, -0.05) is 33.1 Å². The van der Waals surface area contributed by atoms with Crippen molar-refractivity contribution in [1.82, 2.24) is 16.2 Å². The molecule has 1 aliphatic rings. The summed E-state index contributed by atoms with van der Waals surface area (Å²) < 4.78 is 5.59. The van der Waals surface area contributed by atoms with Crippen LogP contribution < -0.4 is 20.9 Å². The second kappa shape index (κ2) is 10.1. The normalized spacial score (nSPS) is 14.6. The standard InChI is InChI=1S/C19H27N3O3S/c1-13(2)12-25-16-10-8-15(9-11-16)17(23)20-19(26)22-21-18(24)14-6-4-3-5-7-14/h8-11,13-14H,3-7,12H2,1-2H3,(H,21,24)(H2,20,22,23,26). The van der Waals surface area contributed by atoms with Crippen LogP contribution in [0, 0.1) is 11.8 Å². The summed E-state index contributed by atoms with van der Waals surface area (Å²) in [5, 5.41) is 2.62. The number of ether oxygens (including phenoxy) is 1. The summed E-state index contributed by atoms with van der Waals surface area (Å²) in [4.78, 5) is 24.2. The minimum Gasteiger partial charge on any atom is -0.493 e. The smallest absolute Gasteiger partial charge is 0.257 e. The Morgan fingerprint density at radius 2 is 1.77 bits per heavy atom. The first-order chi connectivity index (χ1) is 12.5. The number of rotatable bonds is 5. The van der Waals surface area contributed by atoms with Gasteiger partial charge in [0, 0.05) is 11.5 Å². The maximum atomic E-state index is 12.2. The molecule has 0 unspecified atom stereocenters. The number of hydrazine groups is 1. The Morgan fingerprint density at radius 1 is 1.12 bits per heavy atom. The topological polar surface area (TPSA) is 79.5 Å². The lowest BCUT2D eigenvalue weighted by Crippen LogP contribution is -2.50. The lowest BCUT2D eigenvalue weighted by Gasteiger charge is -2.21. The highest BCUT2D eigenvalue weighted by Crippen LogP contribution is 2.23. The monoisotopic (exact) mass is 377 g/mol. The molecule has 0 saturated heterocycles. The summed E-state index contributed by atoms with van der Waals surface area (Å²) in [6.07, 6.45) is 5.15. The fraction of sp³-hybridized carbons (Fsp3) is 0.526. The molecule has 6 nitrogen and oxygen atoms in total. The lowest BCUT2D eigenvalue weighted by molar-refractivity contribution is -0.126. The zero-order chi connectivity index (χ0) is 18.9. The van der Waals surface area contributed by atoms with Crippen molar-refractivity contribution in [1.29, 1.82) is 0 Å². The van der Waals surface area contributed by atoms with E-state index in [1.54, 1.807) is 24.3 Å². The summed E-state index contributed by atoms with van der Waals surface area (Å²) in [5.74, 6) is 0.756. The van der Waals surface area contributed by atoms with Gasteiger partial charge in [0.2, 0.25) is 5.91 Å². The van der Waals surface area contributed by atoms with Crippen LogP contribution in [0.4, 0.5) is 0 Å². The molecular weight excluding hydrogens is 350 g/mol. The molecule has 0 heterocycles. The van der Waals surface area contributed by atoms with Gasteiger partial charge >= 0.3 is 0 Å². The van der Waals surface area contributed by atoms with Gasteiger partial charge in [-0.3, -0.25) is 25.8 Å². The van der Waals surface area contributed by atoms with E-state index in [1.165, 1.54) is 6.42 Å². The van der Waals surface area contributed by atoms with Crippen LogP contribution in [0.5, 0.6) is 5.75 Å². The molecule has 26 heavy (non-hydrogen) atoms. The Balaban J connectivity index is 1.75. The number of hydrogen-bond donors (Lipinski definition) is 3. The molecule has 0 bridgehead atoms. The first kappa shape index (κ1) is 20.2. The van der Waals surface area contributed by atoms with E-state index in [9.17, 15) is 9.59 Å². The highest BCUT2D eigenvalue weighted by Gasteiger charge is 2.21. The molecule has 2 amide bonds. The molecule has 7 heteroatoms. The molecule has 1 aromatic carbocycles. The van der Waals surface area contributed by atoms with Crippen molar-refractivity contribution >= 4 is 29.1 Å². The van der Waals surface area contributed by atoms with Crippen molar-refractivity contribution in [2.24, 2.45) is 11.8 Å². The highest BCUT2D eigenvalue weighted by molar-refractivity contribution is 7.80. The Hall–Kier alpha value is -2.15. The fourth-order valence-corrected chi connectivity index (χ4v) is 2.90. The van der Waals surface area contributed by atoms with Crippen LogP contribution in [0.25, 0.3) is 0 Å². The Kier molecular flexibility index (Phi) is 7.84. The van der Waals surface area contributed by atoms with Crippen LogP contribution in [0.15, 0.2) is 24.3 Å². The van der Waals surface area contributed by atoms with Crippen LogP contribution in [0.3, 0.4) is 0 Å². The van der Waals surface area contributed by atoms with Gasteiger partial charge < -0.3 is 4.74 Å². The van der Waals surface area contributed by atoms with E-state index in [-0.39, 0.29) is 22.8 Å². The van der Waals surface area contributed by atoms with Crippen molar-refractivity contribution < 1.29 is 14.3 Å². The maximum absolute atomic E-state index is 12.2. The summed E-state index contributed by atoms with van der Waals surface area (Å²) in [7, 11) is 0. The quantitative estimate of drug-likeness (QED) is 0.543. The number of carbonyl (C=O) groups excluding carboxylic acids is 2. The molecule has 0 aromatic heterocycles. The SMILES string of the molecule is CC(C)COc1ccc(C(=O)NC(=S)NNC(=O)C2CCCCC2)cc1. The van der Waals surface area contributed by atoms with Gasteiger partial charge in [0.25, 0.3) is 5.91 Å². The molecule has 0 radical (unpaired) electrons. The van der Waals surface area contributed by atoms with Crippen molar-refractivity contribution in [2.75, 3.05) is 6.61 Å². The van der Waals surface area contributed by atoms with Crippen LogP contribution in [0.2, 0.25) is 0 Å². The largest absolute Gasteiger partial charge is 0.493 e. The number of thiocarbonyl (C=S) groups is 1. The third-order valence-corrected chi connectivity index (χ3v) is 4.41. The van der Waals surface area contributed by atoms with Crippen molar-refractivity contribution in [2.45, 2.75) is 46.0 Å². The van der Waals surface area contributed by atoms with Gasteiger partial charge in [-0.2, -0.15) is 0 Å². The van der Waals surface area contributed by atoms with Crippen molar-refractivity contribution in [3.8, 4) is 5.75 Å². The predicted octanol–water partition coefficient (Wildman–Crippen LogP) is 2.94. The van der Waals surface area contributed by atoms with E-state index in [4.69, 9.17) is 17.0 Å². The number of hydrogen-bond acceptors (Lipinski definition) is 4. The second-order valence-corrected chi connectivity index (χ2v) is 7.37. The molecule has 1 aromatic rings. The Bertz CT molecular complexity index is 625. The van der Waals surface area contributed by atoms with Gasteiger partial charge in [-0.25, -0.2) is 0 Å². The molecule has 2 rings (SSSR count). The molecule has 3 N–H and O–H groups in total. The highest BCUT2D eigenvalue weighted by atomic mass is 32.1. The van der Waals surface area contributed by atoms with Crippen LogP contribution in [-0.4, -0.2) is 23.5 Å². The zero-order valence-electron chi connectivity index (χ0n) is 15.3. The molecule has 0 aliphatic heterocycles. The third-order valence-electron chi connectivity index (χ3n) is 4.20. The molecular formula is C19H27N3O3S. The zero-order valence-corrected chi connectivity index (χ0v) is 16.2. The summed E-state index contributed by atoms with van der Waals surface area (Å²) >= 11 is 5.06. The molecule has 1 aliphatic carbocycles. The van der Waals surface area contributed by atoms with Gasteiger partial charge in [0.15, 0.2) is 5.11 Å². The second-order valence-electron chi connectivity index (χ2n) is 6.96. The minimum absolute atomic E-state index is 0.0214. The van der Waals surface area contributed by atoms with E-state index in [2.05, 4.69) is 30.0 Å². The maximum Gasteiger partial charge on any atom is 0.257 e. The van der Waals surface area contributed by atoms with Crippen LogP contribution in [-0.2, 0) is 4.79 Å². The Labute approximate surface area is 160 Å². The van der Waals surface area contributed by atoms with Crippen molar-refractivity contribution in [3.05, 3.63) is 29.8 Å². The summed E-state index contributed by atoms with van der Waals surface area (Å²) in [6.45, 7) is 4.77. The predicted molar refractivity (Wildman–Crippen MR) is 105 cm³/mol. The summed E-state index contributed by atoms with van der Waals surface area (Å²) in [5.41, 5.74) is 5.64. The van der Waals surface area contributed by atoms with Crippen LogP contribution in [0.1, 0.15) is 56.3 Å². The van der Waals surface area contributed by atoms with Gasteiger partial charge in [-0.15, -0.1) is 0 Å². The average Bonchev–Trinajstić information content (AvgIpc) is 2.65. The number of benzene rings is 1. The van der Waals surface area contributed by atoms with Gasteiger partial charge in [-0.05, 0) is 55.2 Å². The minimum atomic E-state index is -0.343. The summed E-state index contributed by atoms with van der Waals surface area (Å²) in [6, 6.07) is 6.85. The fourth-order valence-electron chi connectivity index (χ4n) is 2.76. The number of carbonyl (C=O) groups is 2. The Morgan fingerprint density at radius 3 is 2.38 bits per heavy atom. The van der Waals surface area contributed by atoms with Gasteiger partial charge in [0.1, 0.15) is 5.75 Å². The van der Waals surface area contributed by atoms with E-state index in [0.29, 0.717) is 18.1 Å². The molecule has 1 fully saturated rings. The van der Waals surface area contributed by atoms with Crippen molar-refractivity contribution in [3.63, 3.8) is 0 Å². The first-order valence-electron chi connectivity index (χ1n) is 9.09. The molecule has 0 spiro atoms.